The van der Waals surface area contributed by atoms with Crippen molar-refractivity contribution in [1.82, 2.24) is 30.0 Å². The number of aromatic nitrogens is 4. The molecule has 2 N–H and O–H groups in total. The van der Waals surface area contributed by atoms with Gasteiger partial charge in [0.25, 0.3) is 0 Å². The van der Waals surface area contributed by atoms with Crippen LogP contribution in [0.25, 0.3) is 21.1 Å². The van der Waals surface area contributed by atoms with Crippen LogP contribution in [0.1, 0.15) is 43.6 Å². The Labute approximate surface area is 250 Å². The summed E-state index contributed by atoms with van der Waals surface area (Å²) >= 11 is 1.72. The summed E-state index contributed by atoms with van der Waals surface area (Å²) in [5, 5.41) is 13.3. The van der Waals surface area contributed by atoms with Crippen LogP contribution in [-0.2, 0) is 22.4 Å². The minimum absolute atomic E-state index is 0.00706. The first-order chi connectivity index (χ1) is 20.3. The van der Waals surface area contributed by atoms with Gasteiger partial charge in [0.1, 0.15) is 17.0 Å². The van der Waals surface area contributed by atoms with Crippen LogP contribution < -0.4 is 10.2 Å². The molecular formula is C31H40N8O2S. The number of hydrogen-bond donors (Lipinski definition) is 2. The van der Waals surface area contributed by atoms with Crippen LogP contribution in [0.2, 0.25) is 0 Å². The zero-order valence-electron chi connectivity index (χ0n) is 24.9. The van der Waals surface area contributed by atoms with Gasteiger partial charge < -0.3 is 24.8 Å². The molecule has 1 aliphatic carbocycles. The quantitative estimate of drug-likeness (QED) is 0.349. The van der Waals surface area contributed by atoms with Crippen LogP contribution >= 0.6 is 11.3 Å². The van der Waals surface area contributed by atoms with Crippen molar-refractivity contribution in [2.45, 2.75) is 64.2 Å². The summed E-state index contributed by atoms with van der Waals surface area (Å²) in [5.41, 5.74) is 4.53. The molecule has 3 aromatic heterocycles. The number of piperidine rings is 1. The second-order valence-corrected chi connectivity index (χ2v) is 13.6. The zero-order chi connectivity index (χ0) is 29.0. The number of nitrogens with zero attached hydrogens (tertiary/aromatic N) is 6. The lowest BCUT2D eigenvalue weighted by molar-refractivity contribution is -0.147. The maximum absolute atomic E-state index is 13.5. The van der Waals surface area contributed by atoms with Crippen LogP contribution in [0.15, 0.2) is 24.7 Å². The van der Waals surface area contributed by atoms with E-state index in [9.17, 15) is 4.79 Å². The first kappa shape index (κ1) is 27.5. The fraction of sp³-hybridized carbons (Fsp3) is 0.548. The summed E-state index contributed by atoms with van der Waals surface area (Å²) in [5.74, 6) is 1.11. The molecule has 3 atom stereocenters. The van der Waals surface area contributed by atoms with E-state index in [0.29, 0.717) is 19.1 Å². The Morgan fingerprint density at radius 2 is 1.90 bits per heavy atom. The van der Waals surface area contributed by atoms with Gasteiger partial charge in [0, 0.05) is 48.4 Å². The Balaban J connectivity index is 1.18. The number of anilines is 3. The smallest absolute Gasteiger partial charge is 0.226 e. The highest BCUT2D eigenvalue weighted by Gasteiger charge is 2.34. The van der Waals surface area contributed by atoms with Gasteiger partial charge in [-0.05, 0) is 77.7 Å². The van der Waals surface area contributed by atoms with Gasteiger partial charge in [0.05, 0.1) is 40.7 Å². The Kier molecular flexibility index (Phi) is 7.27. The second-order valence-electron chi connectivity index (χ2n) is 12.5. The highest BCUT2D eigenvalue weighted by atomic mass is 32.1. The number of carbonyl (C=O) groups is 1. The summed E-state index contributed by atoms with van der Waals surface area (Å²) in [7, 11) is 4.35. The maximum Gasteiger partial charge on any atom is 0.226 e. The summed E-state index contributed by atoms with van der Waals surface area (Å²) in [6, 6.07) is 5.00. The Morgan fingerprint density at radius 1 is 1.12 bits per heavy atom. The molecule has 1 amide bonds. The number of aryl methyl sites for hydroxylation is 1. The molecule has 2 saturated heterocycles. The van der Waals surface area contributed by atoms with Crippen molar-refractivity contribution in [2.75, 3.05) is 50.5 Å². The third-order valence-corrected chi connectivity index (χ3v) is 10.4. The third-order valence-electron chi connectivity index (χ3n) is 9.27. The Hall–Kier alpha value is -3.28. The fourth-order valence-corrected chi connectivity index (χ4v) is 8.39. The lowest BCUT2D eigenvalue weighted by atomic mass is 9.86. The molecule has 2 aliphatic heterocycles. The van der Waals surface area contributed by atoms with E-state index in [2.05, 4.69) is 70.4 Å². The normalized spacial score (nSPS) is 23.6. The van der Waals surface area contributed by atoms with Crippen molar-refractivity contribution in [3.05, 3.63) is 35.1 Å². The van der Waals surface area contributed by atoms with Crippen LogP contribution in [0.3, 0.4) is 0 Å². The number of benzene rings is 1. The Bertz CT molecular complexity index is 1600. The van der Waals surface area contributed by atoms with Crippen LogP contribution in [-0.4, -0.2) is 94.4 Å². The summed E-state index contributed by atoms with van der Waals surface area (Å²) in [4.78, 5) is 32.0. The topological polar surface area (TPSA) is 103 Å². The molecule has 222 valence electrons. The lowest BCUT2D eigenvalue weighted by Crippen LogP contribution is -2.50. The minimum atomic E-state index is 0.00706. The molecule has 0 spiro atoms. The standard InChI is InChI=1S/C31H40N8O2S/c1-18-15-39(16-19(2)41-18)31(40)20-5-6-23-27(12-20)42-30-28(23)29(32-17-33-30)35-25-11-21-14-34-36-24(21)13-26(25)38-9-7-22(8-10-38)37(3)4/h11,13-14,17-20,22H,5-10,12,15-16H2,1-4H3,(H,34,36)(H,32,33,35)/t18-,19+,20-/m0/s1. The number of amides is 1. The highest BCUT2D eigenvalue weighted by Crippen LogP contribution is 2.42. The monoisotopic (exact) mass is 588 g/mol. The van der Waals surface area contributed by atoms with E-state index in [0.717, 1.165) is 77.8 Å². The predicted octanol–water partition coefficient (Wildman–Crippen LogP) is 4.58. The number of ether oxygens (including phenoxy) is 1. The van der Waals surface area contributed by atoms with Crippen molar-refractivity contribution in [2.24, 2.45) is 5.92 Å². The second kappa shape index (κ2) is 11.1. The molecule has 5 heterocycles. The molecule has 10 nitrogen and oxygen atoms in total. The van der Waals surface area contributed by atoms with Crippen molar-refractivity contribution >= 4 is 55.6 Å². The molecule has 0 saturated carbocycles. The van der Waals surface area contributed by atoms with E-state index in [-0.39, 0.29) is 24.0 Å². The van der Waals surface area contributed by atoms with Gasteiger partial charge in [-0.25, -0.2) is 9.97 Å². The number of fused-ring (bicyclic) bond motifs is 4. The average Bonchev–Trinajstić information content (AvgIpc) is 3.60. The molecule has 0 bridgehead atoms. The van der Waals surface area contributed by atoms with Crippen molar-refractivity contribution in [3.8, 4) is 0 Å². The van der Waals surface area contributed by atoms with Crippen LogP contribution in [0.5, 0.6) is 0 Å². The largest absolute Gasteiger partial charge is 0.372 e. The van der Waals surface area contributed by atoms with Crippen LogP contribution in [0, 0.1) is 5.92 Å². The van der Waals surface area contributed by atoms with Gasteiger partial charge >= 0.3 is 0 Å². The van der Waals surface area contributed by atoms with Gasteiger partial charge in [-0.1, -0.05) is 0 Å². The molecule has 11 heteroatoms. The van der Waals surface area contributed by atoms with E-state index in [1.807, 2.05) is 11.1 Å². The van der Waals surface area contributed by atoms with E-state index in [1.165, 1.54) is 16.1 Å². The summed E-state index contributed by atoms with van der Waals surface area (Å²) in [6.07, 6.45) is 8.42. The molecule has 3 aliphatic rings. The van der Waals surface area contributed by atoms with Crippen molar-refractivity contribution in [3.63, 3.8) is 0 Å². The van der Waals surface area contributed by atoms with Gasteiger partial charge in [-0.3, -0.25) is 9.89 Å². The van der Waals surface area contributed by atoms with E-state index >= 15 is 0 Å². The SMILES string of the molecule is C[C@@H]1CN(C(=O)[C@H]2CCc3c(sc4ncnc(Nc5cc6cn[nH]c6cc5N5CCC(N(C)C)CC5)c34)C2)C[C@H](C)O1. The first-order valence-corrected chi connectivity index (χ1v) is 16.0. The number of hydrogen-bond acceptors (Lipinski definition) is 9. The van der Waals surface area contributed by atoms with Gasteiger partial charge in [0.15, 0.2) is 0 Å². The number of morpholine rings is 1. The van der Waals surface area contributed by atoms with Gasteiger partial charge in [0.2, 0.25) is 5.91 Å². The fourth-order valence-electron chi connectivity index (χ4n) is 7.12. The van der Waals surface area contributed by atoms with E-state index in [4.69, 9.17) is 9.72 Å². The number of thiophene rings is 1. The van der Waals surface area contributed by atoms with Crippen LogP contribution in [0.4, 0.5) is 17.2 Å². The summed E-state index contributed by atoms with van der Waals surface area (Å²) in [6.45, 7) is 7.45. The molecular weight excluding hydrogens is 548 g/mol. The lowest BCUT2D eigenvalue weighted by Gasteiger charge is -2.37. The zero-order valence-corrected chi connectivity index (χ0v) is 25.7. The number of carbonyl (C=O) groups excluding carboxylic acids is 1. The number of rotatable bonds is 5. The average molecular weight is 589 g/mol. The summed E-state index contributed by atoms with van der Waals surface area (Å²) < 4.78 is 5.87. The van der Waals surface area contributed by atoms with Gasteiger partial charge in [-0.15, -0.1) is 11.3 Å². The molecule has 0 unspecified atom stereocenters. The Morgan fingerprint density at radius 3 is 2.67 bits per heavy atom. The third kappa shape index (κ3) is 5.11. The molecule has 7 rings (SSSR count). The van der Waals surface area contributed by atoms with Crippen molar-refractivity contribution < 1.29 is 9.53 Å². The number of nitrogens with one attached hydrogen (secondary N) is 2. The number of H-pyrrole nitrogens is 1. The molecule has 42 heavy (non-hydrogen) atoms. The maximum atomic E-state index is 13.5. The first-order valence-electron chi connectivity index (χ1n) is 15.2. The number of aromatic amines is 1. The molecule has 4 aromatic rings. The minimum Gasteiger partial charge on any atom is -0.372 e. The van der Waals surface area contributed by atoms with E-state index < -0.39 is 0 Å². The molecule has 1 aromatic carbocycles. The predicted molar refractivity (Wildman–Crippen MR) is 168 cm³/mol. The van der Waals surface area contributed by atoms with Crippen molar-refractivity contribution in [1.29, 1.82) is 0 Å². The highest BCUT2D eigenvalue weighted by molar-refractivity contribution is 7.19. The molecule has 2 fully saturated rings. The molecule has 0 radical (unpaired) electrons. The van der Waals surface area contributed by atoms with Gasteiger partial charge in [-0.2, -0.15) is 5.10 Å². The van der Waals surface area contributed by atoms with E-state index in [1.54, 1.807) is 17.7 Å².